The van der Waals surface area contributed by atoms with Crippen molar-refractivity contribution in [2.24, 2.45) is 0 Å². The highest BCUT2D eigenvalue weighted by molar-refractivity contribution is 5.91. The molecule has 0 saturated carbocycles. The molecule has 0 aliphatic heterocycles. The summed E-state index contributed by atoms with van der Waals surface area (Å²) >= 11 is 0. The van der Waals surface area contributed by atoms with Gasteiger partial charge in [-0.3, -0.25) is 0 Å². The van der Waals surface area contributed by atoms with Crippen LogP contribution in [0.3, 0.4) is 0 Å². The van der Waals surface area contributed by atoms with Gasteiger partial charge in [0.25, 0.3) is 0 Å². The number of hydrogen-bond acceptors (Lipinski definition) is 7. The zero-order chi connectivity index (χ0) is 19.1. The molecule has 3 rings (SSSR count). The van der Waals surface area contributed by atoms with Crippen LogP contribution in [-0.4, -0.2) is 52.7 Å². The van der Waals surface area contributed by atoms with Crippen molar-refractivity contribution in [2.75, 3.05) is 31.7 Å². The smallest absolute Gasteiger partial charge is 0.163 e. The van der Waals surface area contributed by atoms with Crippen LogP contribution in [-0.2, 0) is 4.74 Å². The summed E-state index contributed by atoms with van der Waals surface area (Å²) in [6.45, 7) is 0.779. The number of nitrogens with zero attached hydrogens (tertiary/aromatic N) is 2. The van der Waals surface area contributed by atoms with Crippen molar-refractivity contribution in [3.8, 4) is 23.8 Å². The molecule has 1 unspecified atom stereocenters. The lowest BCUT2D eigenvalue weighted by atomic mass is 10.0. The van der Waals surface area contributed by atoms with E-state index in [0.717, 1.165) is 5.57 Å². The number of terminal acetylenes is 1. The second-order valence-electron chi connectivity index (χ2n) is 5.92. The fourth-order valence-corrected chi connectivity index (χ4v) is 2.74. The van der Waals surface area contributed by atoms with Crippen LogP contribution in [0.2, 0.25) is 0 Å². The molecule has 3 N–H and O–H groups in total. The quantitative estimate of drug-likeness (QED) is 0.485. The number of aromatic nitrogens is 2. The molecule has 0 bridgehead atoms. The zero-order valence-electron chi connectivity index (χ0n) is 14.8. The maximum absolute atomic E-state index is 10.3. The lowest BCUT2D eigenvalue weighted by Gasteiger charge is -2.19. The number of rotatable bonds is 8. The van der Waals surface area contributed by atoms with Crippen LogP contribution in [0, 0.1) is 12.3 Å². The summed E-state index contributed by atoms with van der Waals surface area (Å²) in [6, 6.07) is 3.25. The lowest BCUT2D eigenvalue weighted by molar-refractivity contribution is 0.0699. The number of phenolic OH excluding ortho intramolecular Hbond substituents is 1. The molecule has 0 amide bonds. The minimum Gasteiger partial charge on any atom is -0.504 e. The highest BCUT2D eigenvalue weighted by Crippen LogP contribution is 2.33. The Balaban J connectivity index is 1.74. The van der Waals surface area contributed by atoms with E-state index < -0.39 is 0 Å². The van der Waals surface area contributed by atoms with E-state index in [1.54, 1.807) is 12.1 Å². The van der Waals surface area contributed by atoms with Gasteiger partial charge in [0.2, 0.25) is 0 Å². The number of aromatic hydroxyl groups is 1. The summed E-state index contributed by atoms with van der Waals surface area (Å²) < 4.78 is 10.7. The molecule has 7 heteroatoms. The lowest BCUT2D eigenvalue weighted by Crippen LogP contribution is -2.20. The average Bonchev–Trinajstić information content (AvgIpc) is 2.69. The summed E-state index contributed by atoms with van der Waals surface area (Å²) in [4.78, 5) is 8.55. The monoisotopic (exact) mass is 367 g/mol. The van der Waals surface area contributed by atoms with Crippen molar-refractivity contribution in [2.45, 2.75) is 12.5 Å². The van der Waals surface area contributed by atoms with Crippen molar-refractivity contribution in [1.29, 1.82) is 0 Å². The minimum absolute atomic E-state index is 0.00842. The molecule has 1 aromatic carbocycles. The Bertz CT molecular complexity index is 902. The second-order valence-corrected chi connectivity index (χ2v) is 5.92. The normalized spacial score (nSPS) is 16.0. The largest absolute Gasteiger partial charge is 0.504 e. The number of aliphatic hydroxyl groups excluding tert-OH is 1. The van der Waals surface area contributed by atoms with Crippen LogP contribution in [0.5, 0.6) is 11.5 Å². The number of fused-ring (bicyclic) bond motifs is 1. The second kappa shape index (κ2) is 9.03. The molecule has 0 spiro atoms. The predicted molar refractivity (Wildman–Crippen MR) is 103 cm³/mol. The van der Waals surface area contributed by atoms with E-state index in [4.69, 9.17) is 21.0 Å². The molecule has 1 aliphatic rings. The van der Waals surface area contributed by atoms with Crippen LogP contribution in [0.1, 0.15) is 6.42 Å². The van der Waals surface area contributed by atoms with Crippen LogP contribution in [0.15, 0.2) is 42.3 Å². The molecule has 0 saturated heterocycles. The molecule has 0 radical (unpaired) electrons. The number of ether oxygens (including phenoxy) is 2. The van der Waals surface area contributed by atoms with E-state index in [-0.39, 0.29) is 31.6 Å². The number of aliphatic hydroxyl groups is 1. The van der Waals surface area contributed by atoms with Gasteiger partial charge >= 0.3 is 0 Å². The molecule has 2 aromatic rings. The number of anilines is 1. The maximum atomic E-state index is 10.3. The zero-order valence-corrected chi connectivity index (χ0v) is 14.8. The van der Waals surface area contributed by atoms with Crippen LogP contribution in [0.25, 0.3) is 10.9 Å². The van der Waals surface area contributed by atoms with Crippen molar-refractivity contribution in [1.82, 2.24) is 9.97 Å². The molecule has 27 heavy (non-hydrogen) atoms. The third kappa shape index (κ3) is 4.76. The highest BCUT2D eigenvalue weighted by atomic mass is 16.5. The topological polar surface area (TPSA) is 96.7 Å². The van der Waals surface area contributed by atoms with Gasteiger partial charge in [-0.1, -0.05) is 24.1 Å². The first-order valence-electron chi connectivity index (χ1n) is 8.61. The van der Waals surface area contributed by atoms with E-state index in [0.29, 0.717) is 35.5 Å². The molecule has 7 nitrogen and oxygen atoms in total. The van der Waals surface area contributed by atoms with E-state index in [9.17, 15) is 5.11 Å². The van der Waals surface area contributed by atoms with Gasteiger partial charge in [0, 0.05) is 23.4 Å². The maximum Gasteiger partial charge on any atom is 0.163 e. The SMILES string of the molecule is C#CC1=CC=CC(Nc2ncnc3cc(OCCOCCO)c(O)cc23)C1. The van der Waals surface area contributed by atoms with Crippen LogP contribution >= 0.6 is 0 Å². The molecule has 1 aliphatic carbocycles. The highest BCUT2D eigenvalue weighted by Gasteiger charge is 2.15. The molecular weight excluding hydrogens is 346 g/mol. The van der Waals surface area contributed by atoms with E-state index in [1.165, 1.54) is 6.33 Å². The van der Waals surface area contributed by atoms with Gasteiger partial charge in [-0.05, 0) is 6.07 Å². The number of hydrogen-bond donors (Lipinski definition) is 3. The summed E-state index contributed by atoms with van der Waals surface area (Å²) in [5.74, 6) is 3.58. The van der Waals surface area contributed by atoms with Crippen molar-refractivity contribution in [3.05, 3.63) is 42.3 Å². The van der Waals surface area contributed by atoms with Crippen LogP contribution in [0.4, 0.5) is 5.82 Å². The molecular formula is C20H21N3O4. The summed E-state index contributed by atoms with van der Waals surface area (Å²) in [5, 5.41) is 23.0. The molecule has 140 valence electrons. The summed E-state index contributed by atoms with van der Waals surface area (Å²) in [7, 11) is 0. The van der Waals surface area contributed by atoms with Gasteiger partial charge in [0.1, 0.15) is 18.8 Å². The first-order chi connectivity index (χ1) is 13.2. The van der Waals surface area contributed by atoms with Gasteiger partial charge in [0.15, 0.2) is 11.5 Å². The molecule has 1 aromatic heterocycles. The van der Waals surface area contributed by atoms with Crippen molar-refractivity contribution >= 4 is 16.7 Å². The number of benzene rings is 1. The Labute approximate surface area is 157 Å². The Hall–Kier alpha value is -3.08. The van der Waals surface area contributed by atoms with Crippen molar-refractivity contribution < 1.29 is 19.7 Å². The summed E-state index contributed by atoms with van der Waals surface area (Å²) in [5.41, 5.74) is 1.55. The average molecular weight is 367 g/mol. The molecule has 0 fully saturated rings. The number of allylic oxidation sites excluding steroid dienone is 2. The number of phenols is 1. The standard InChI is InChI=1S/C20H21N3O4/c1-2-14-4-3-5-15(10-14)23-20-16-11-18(25)19(12-17(16)21-13-22-20)27-9-8-26-7-6-24/h1,3-5,11-13,15,24-25H,6-10H2,(H,21,22,23). The van der Waals surface area contributed by atoms with E-state index in [2.05, 4.69) is 21.2 Å². The first-order valence-corrected chi connectivity index (χ1v) is 8.61. The third-order valence-electron chi connectivity index (χ3n) is 4.03. The molecule has 1 heterocycles. The summed E-state index contributed by atoms with van der Waals surface area (Å²) in [6.07, 6.45) is 13.5. The number of nitrogens with one attached hydrogen (secondary N) is 1. The van der Waals surface area contributed by atoms with Gasteiger partial charge in [-0.2, -0.15) is 0 Å². The van der Waals surface area contributed by atoms with Gasteiger partial charge in [-0.15, -0.1) is 6.42 Å². The Kier molecular flexibility index (Phi) is 6.26. The Morgan fingerprint density at radius 3 is 2.96 bits per heavy atom. The van der Waals surface area contributed by atoms with Gasteiger partial charge in [-0.25, -0.2) is 9.97 Å². The van der Waals surface area contributed by atoms with E-state index >= 15 is 0 Å². The first kappa shape index (κ1) is 18.7. The predicted octanol–water partition coefficient (Wildman–Crippen LogP) is 2.02. The Morgan fingerprint density at radius 1 is 1.26 bits per heavy atom. The van der Waals surface area contributed by atoms with E-state index in [1.807, 2.05) is 18.2 Å². The van der Waals surface area contributed by atoms with Crippen LogP contribution < -0.4 is 10.1 Å². The van der Waals surface area contributed by atoms with Gasteiger partial charge in [0.05, 0.1) is 31.4 Å². The van der Waals surface area contributed by atoms with Gasteiger partial charge < -0.3 is 25.0 Å². The fraction of sp³-hybridized carbons (Fsp3) is 0.300. The Morgan fingerprint density at radius 2 is 2.15 bits per heavy atom. The van der Waals surface area contributed by atoms with Crippen molar-refractivity contribution in [3.63, 3.8) is 0 Å². The minimum atomic E-state index is -0.0390. The fourth-order valence-electron chi connectivity index (χ4n) is 2.74. The molecule has 1 atom stereocenters. The third-order valence-corrected chi connectivity index (χ3v) is 4.03.